The summed E-state index contributed by atoms with van der Waals surface area (Å²) in [7, 11) is 1.49. The van der Waals surface area contributed by atoms with Gasteiger partial charge in [0, 0.05) is 11.1 Å². The number of methoxy groups -OCH3 is 1. The van der Waals surface area contributed by atoms with Gasteiger partial charge in [-0.3, -0.25) is 0 Å². The van der Waals surface area contributed by atoms with Gasteiger partial charge in [-0.2, -0.15) is 13.2 Å². The van der Waals surface area contributed by atoms with Crippen molar-refractivity contribution in [3.8, 4) is 11.4 Å². The maximum Gasteiger partial charge on any atom is 0.431 e. The molecule has 1 aromatic heterocycles. The number of hydrogen-bond acceptors (Lipinski definition) is 1. The molecule has 2 aromatic carbocycles. The molecule has 0 saturated heterocycles. The standard InChI is InChI=1S/C16H12F3NO/c1-21-13-7-8-14-11(9-13)10-15(16(17,18)19)20(14)12-5-3-2-4-6-12/h2-10H,1H3. The minimum Gasteiger partial charge on any atom is -0.497 e. The van der Waals surface area contributed by atoms with E-state index in [-0.39, 0.29) is 0 Å². The van der Waals surface area contributed by atoms with Gasteiger partial charge in [0.05, 0.1) is 12.6 Å². The van der Waals surface area contributed by atoms with Crippen molar-refractivity contribution in [2.24, 2.45) is 0 Å². The molecular formula is C16H12F3NO. The van der Waals surface area contributed by atoms with Crippen molar-refractivity contribution in [1.29, 1.82) is 0 Å². The third-order valence-electron chi connectivity index (χ3n) is 3.31. The van der Waals surface area contributed by atoms with E-state index in [9.17, 15) is 13.2 Å². The summed E-state index contributed by atoms with van der Waals surface area (Å²) in [5.74, 6) is 0.529. The Morgan fingerprint density at radius 2 is 1.67 bits per heavy atom. The lowest BCUT2D eigenvalue weighted by atomic mass is 10.2. The van der Waals surface area contributed by atoms with Gasteiger partial charge in [-0.25, -0.2) is 0 Å². The number of aromatic nitrogens is 1. The average molecular weight is 291 g/mol. The van der Waals surface area contributed by atoms with Crippen molar-refractivity contribution in [2.45, 2.75) is 6.18 Å². The van der Waals surface area contributed by atoms with Crippen LogP contribution >= 0.6 is 0 Å². The predicted molar refractivity (Wildman–Crippen MR) is 74.8 cm³/mol. The number of rotatable bonds is 2. The van der Waals surface area contributed by atoms with Crippen LogP contribution < -0.4 is 4.74 Å². The van der Waals surface area contributed by atoms with E-state index in [4.69, 9.17) is 4.74 Å². The van der Waals surface area contributed by atoms with Crippen LogP contribution in [-0.4, -0.2) is 11.7 Å². The van der Waals surface area contributed by atoms with E-state index in [2.05, 4.69) is 0 Å². The smallest absolute Gasteiger partial charge is 0.431 e. The van der Waals surface area contributed by atoms with Crippen LogP contribution in [0.2, 0.25) is 0 Å². The molecular weight excluding hydrogens is 279 g/mol. The van der Waals surface area contributed by atoms with Crippen molar-refractivity contribution < 1.29 is 17.9 Å². The highest BCUT2D eigenvalue weighted by molar-refractivity contribution is 5.85. The van der Waals surface area contributed by atoms with E-state index in [1.807, 2.05) is 0 Å². The Bertz CT molecular complexity index is 775. The molecule has 3 rings (SSSR count). The van der Waals surface area contributed by atoms with Crippen molar-refractivity contribution in [1.82, 2.24) is 4.57 Å². The molecule has 3 aromatic rings. The zero-order valence-corrected chi connectivity index (χ0v) is 11.2. The average Bonchev–Trinajstić information content (AvgIpc) is 2.86. The summed E-state index contributed by atoms with van der Waals surface area (Å²) in [6.07, 6.45) is -4.43. The molecule has 0 aliphatic rings. The maximum absolute atomic E-state index is 13.3. The second kappa shape index (κ2) is 4.84. The van der Waals surface area contributed by atoms with Gasteiger partial charge in [0.25, 0.3) is 0 Å². The van der Waals surface area contributed by atoms with E-state index in [1.165, 1.54) is 11.7 Å². The molecule has 0 atom stereocenters. The molecule has 0 amide bonds. The van der Waals surface area contributed by atoms with E-state index in [0.29, 0.717) is 22.3 Å². The summed E-state index contributed by atoms with van der Waals surface area (Å²) in [6, 6.07) is 14.5. The van der Waals surface area contributed by atoms with Crippen LogP contribution in [0.1, 0.15) is 5.69 Å². The summed E-state index contributed by atoms with van der Waals surface area (Å²) >= 11 is 0. The summed E-state index contributed by atoms with van der Waals surface area (Å²) in [5.41, 5.74) is 0.274. The largest absolute Gasteiger partial charge is 0.497 e. The third kappa shape index (κ3) is 2.35. The van der Waals surface area contributed by atoms with Crippen molar-refractivity contribution in [3.05, 3.63) is 60.3 Å². The van der Waals surface area contributed by atoms with Gasteiger partial charge in [0.2, 0.25) is 0 Å². The molecule has 108 valence electrons. The Morgan fingerprint density at radius 1 is 0.952 bits per heavy atom. The first kappa shape index (κ1) is 13.5. The minimum absolute atomic E-state index is 0.477. The molecule has 0 fully saturated rings. The van der Waals surface area contributed by atoms with Gasteiger partial charge in [0.15, 0.2) is 0 Å². The van der Waals surface area contributed by atoms with Crippen molar-refractivity contribution in [3.63, 3.8) is 0 Å². The number of ether oxygens (including phenoxy) is 1. The first-order valence-electron chi connectivity index (χ1n) is 6.33. The lowest BCUT2D eigenvalue weighted by Crippen LogP contribution is -2.11. The van der Waals surface area contributed by atoms with Crippen LogP contribution in [0.4, 0.5) is 13.2 Å². The molecule has 0 aliphatic carbocycles. The normalized spacial score (nSPS) is 11.8. The lowest BCUT2D eigenvalue weighted by Gasteiger charge is -2.13. The number of nitrogens with zero attached hydrogens (tertiary/aromatic N) is 1. The Labute approximate surface area is 119 Å². The number of fused-ring (bicyclic) bond motifs is 1. The van der Waals surface area contributed by atoms with Crippen LogP contribution in [0.5, 0.6) is 5.75 Å². The Hall–Kier alpha value is -2.43. The van der Waals surface area contributed by atoms with Crippen LogP contribution in [0.25, 0.3) is 16.6 Å². The quantitative estimate of drug-likeness (QED) is 0.670. The molecule has 0 spiro atoms. The molecule has 5 heteroatoms. The van der Waals surface area contributed by atoms with Gasteiger partial charge < -0.3 is 9.30 Å². The molecule has 0 saturated carbocycles. The maximum atomic E-state index is 13.3. The number of alkyl halides is 3. The predicted octanol–water partition coefficient (Wildman–Crippen LogP) is 4.66. The Kier molecular flexibility index (Phi) is 3.12. The first-order valence-corrected chi connectivity index (χ1v) is 6.33. The molecule has 0 N–H and O–H groups in total. The molecule has 1 heterocycles. The van der Waals surface area contributed by atoms with Gasteiger partial charge in [-0.1, -0.05) is 18.2 Å². The Balaban J connectivity index is 2.34. The summed E-state index contributed by atoms with van der Waals surface area (Å²) in [5, 5.41) is 0.491. The lowest BCUT2D eigenvalue weighted by molar-refractivity contribution is -0.142. The first-order chi connectivity index (χ1) is 10.0. The molecule has 21 heavy (non-hydrogen) atoms. The minimum atomic E-state index is -4.43. The van der Waals surface area contributed by atoms with Gasteiger partial charge in [-0.05, 0) is 36.4 Å². The summed E-state index contributed by atoms with van der Waals surface area (Å²) in [6.45, 7) is 0. The molecule has 2 nitrogen and oxygen atoms in total. The number of benzene rings is 2. The zero-order valence-electron chi connectivity index (χ0n) is 11.2. The fourth-order valence-electron chi connectivity index (χ4n) is 2.38. The highest BCUT2D eigenvalue weighted by Gasteiger charge is 2.35. The summed E-state index contributed by atoms with van der Waals surface area (Å²) in [4.78, 5) is 0. The van der Waals surface area contributed by atoms with Crippen molar-refractivity contribution in [2.75, 3.05) is 7.11 Å². The number of halogens is 3. The topological polar surface area (TPSA) is 14.2 Å². The molecule has 0 unspecified atom stereocenters. The van der Waals surface area contributed by atoms with Crippen LogP contribution in [0.3, 0.4) is 0 Å². The summed E-state index contributed by atoms with van der Waals surface area (Å²) < 4.78 is 46.2. The van der Waals surface area contributed by atoms with E-state index in [1.54, 1.807) is 48.5 Å². The van der Waals surface area contributed by atoms with Gasteiger partial charge >= 0.3 is 6.18 Å². The van der Waals surface area contributed by atoms with E-state index >= 15 is 0 Å². The molecule has 0 radical (unpaired) electrons. The SMILES string of the molecule is COc1ccc2c(c1)cc(C(F)(F)F)n2-c1ccccc1. The highest BCUT2D eigenvalue weighted by Crippen LogP contribution is 2.37. The number of hydrogen-bond donors (Lipinski definition) is 0. The van der Waals surface area contributed by atoms with E-state index < -0.39 is 11.9 Å². The fourth-order valence-corrected chi connectivity index (χ4v) is 2.38. The second-order valence-corrected chi connectivity index (χ2v) is 4.62. The van der Waals surface area contributed by atoms with Crippen LogP contribution in [0, 0.1) is 0 Å². The third-order valence-corrected chi connectivity index (χ3v) is 3.31. The van der Waals surface area contributed by atoms with Crippen LogP contribution in [-0.2, 0) is 6.18 Å². The van der Waals surface area contributed by atoms with Gasteiger partial charge in [-0.15, -0.1) is 0 Å². The second-order valence-electron chi connectivity index (χ2n) is 4.62. The molecule has 0 bridgehead atoms. The van der Waals surface area contributed by atoms with Crippen LogP contribution in [0.15, 0.2) is 54.6 Å². The fraction of sp³-hybridized carbons (Fsp3) is 0.125. The van der Waals surface area contributed by atoms with Crippen molar-refractivity contribution >= 4 is 10.9 Å². The zero-order chi connectivity index (χ0) is 15.0. The number of para-hydroxylation sites is 1. The monoisotopic (exact) mass is 291 g/mol. The Morgan fingerprint density at radius 3 is 2.29 bits per heavy atom. The molecule has 0 aliphatic heterocycles. The highest BCUT2D eigenvalue weighted by atomic mass is 19.4. The van der Waals surface area contributed by atoms with E-state index in [0.717, 1.165) is 6.07 Å². The van der Waals surface area contributed by atoms with Gasteiger partial charge in [0.1, 0.15) is 11.4 Å².